The summed E-state index contributed by atoms with van der Waals surface area (Å²) in [5.41, 5.74) is 2.11. The van der Waals surface area contributed by atoms with Crippen molar-refractivity contribution in [2.24, 2.45) is 0 Å². The Morgan fingerprint density at radius 3 is 3.05 bits per heavy atom. The summed E-state index contributed by atoms with van der Waals surface area (Å²) < 4.78 is 6.55. The maximum Gasteiger partial charge on any atom is 0.291 e. The highest BCUT2D eigenvalue weighted by molar-refractivity contribution is 9.10. The van der Waals surface area contributed by atoms with Gasteiger partial charge in [0.1, 0.15) is 5.58 Å². The Labute approximate surface area is 117 Å². The molecular formula is C13H10BrN3O2. The van der Waals surface area contributed by atoms with Crippen molar-refractivity contribution in [3.05, 3.63) is 46.4 Å². The van der Waals surface area contributed by atoms with Crippen molar-refractivity contribution in [1.29, 1.82) is 0 Å². The lowest BCUT2D eigenvalue weighted by molar-refractivity contribution is 0.0998. The molecule has 0 aliphatic carbocycles. The number of fused-ring (bicyclic) bond motifs is 1. The van der Waals surface area contributed by atoms with Gasteiger partial charge in [-0.05, 0) is 25.1 Å². The molecule has 19 heavy (non-hydrogen) atoms. The first-order chi connectivity index (χ1) is 9.15. The Morgan fingerprint density at radius 1 is 1.47 bits per heavy atom. The fourth-order valence-electron chi connectivity index (χ4n) is 1.92. The number of aromatic amines is 1. The van der Waals surface area contributed by atoms with Crippen LogP contribution in [0.3, 0.4) is 0 Å². The molecule has 2 heterocycles. The highest BCUT2D eigenvalue weighted by Gasteiger charge is 2.18. The molecule has 0 aliphatic rings. The van der Waals surface area contributed by atoms with Crippen LogP contribution in [0.2, 0.25) is 0 Å². The van der Waals surface area contributed by atoms with E-state index in [1.165, 1.54) is 6.20 Å². The Kier molecular flexibility index (Phi) is 2.87. The number of anilines is 1. The van der Waals surface area contributed by atoms with Gasteiger partial charge in [0, 0.05) is 21.6 Å². The van der Waals surface area contributed by atoms with Gasteiger partial charge >= 0.3 is 0 Å². The van der Waals surface area contributed by atoms with Crippen LogP contribution in [0.1, 0.15) is 16.1 Å². The number of furan rings is 1. The van der Waals surface area contributed by atoms with E-state index in [1.807, 2.05) is 25.1 Å². The van der Waals surface area contributed by atoms with E-state index in [9.17, 15) is 4.79 Å². The Balaban J connectivity index is 2.00. The minimum atomic E-state index is -0.286. The number of nitrogens with one attached hydrogen (secondary N) is 2. The number of carbonyl (C=O) groups is 1. The van der Waals surface area contributed by atoms with E-state index in [4.69, 9.17) is 4.42 Å². The zero-order valence-electron chi connectivity index (χ0n) is 10.0. The molecule has 1 amide bonds. The molecule has 0 atom stereocenters. The fourth-order valence-corrected chi connectivity index (χ4v) is 2.28. The maximum absolute atomic E-state index is 12.1. The van der Waals surface area contributed by atoms with E-state index in [0.717, 1.165) is 15.4 Å². The molecule has 2 N–H and O–H groups in total. The van der Waals surface area contributed by atoms with Crippen molar-refractivity contribution in [1.82, 2.24) is 10.2 Å². The summed E-state index contributed by atoms with van der Waals surface area (Å²) >= 11 is 3.41. The van der Waals surface area contributed by atoms with Crippen LogP contribution in [0, 0.1) is 6.92 Å². The van der Waals surface area contributed by atoms with E-state index in [1.54, 1.807) is 6.20 Å². The van der Waals surface area contributed by atoms with Crippen molar-refractivity contribution in [3.8, 4) is 0 Å². The first kappa shape index (κ1) is 12.0. The van der Waals surface area contributed by atoms with E-state index in [2.05, 4.69) is 31.4 Å². The second-order valence-electron chi connectivity index (χ2n) is 4.14. The number of carbonyl (C=O) groups excluding carboxylic acids is 1. The standard InChI is InChI=1S/C13H10BrN3O2/c1-7-10-4-8(14)2-3-11(10)19-12(7)13(18)17-9-5-15-16-6-9/h2-6H,1H3,(H,15,16)(H,17,18). The highest BCUT2D eigenvalue weighted by atomic mass is 79.9. The highest BCUT2D eigenvalue weighted by Crippen LogP contribution is 2.28. The molecular weight excluding hydrogens is 310 g/mol. The van der Waals surface area contributed by atoms with Crippen LogP contribution in [0.15, 0.2) is 39.5 Å². The van der Waals surface area contributed by atoms with Crippen LogP contribution in [-0.2, 0) is 0 Å². The zero-order chi connectivity index (χ0) is 13.4. The van der Waals surface area contributed by atoms with Crippen molar-refractivity contribution >= 4 is 38.5 Å². The molecule has 3 aromatic rings. The average Bonchev–Trinajstić information content (AvgIpc) is 2.98. The number of nitrogens with zero attached hydrogens (tertiary/aromatic N) is 1. The van der Waals surface area contributed by atoms with Crippen LogP contribution in [0.5, 0.6) is 0 Å². The summed E-state index contributed by atoms with van der Waals surface area (Å²) in [4.78, 5) is 12.1. The number of rotatable bonds is 2. The first-order valence-corrected chi connectivity index (χ1v) is 6.43. The van der Waals surface area contributed by atoms with Crippen LogP contribution in [0.25, 0.3) is 11.0 Å². The number of aromatic nitrogens is 2. The number of benzene rings is 1. The molecule has 6 heteroatoms. The molecule has 0 spiro atoms. The minimum absolute atomic E-state index is 0.286. The second kappa shape index (κ2) is 4.55. The lowest BCUT2D eigenvalue weighted by atomic mass is 10.1. The monoisotopic (exact) mass is 319 g/mol. The third-order valence-corrected chi connectivity index (χ3v) is 3.35. The number of amides is 1. The van der Waals surface area contributed by atoms with Crippen molar-refractivity contribution in [3.63, 3.8) is 0 Å². The van der Waals surface area contributed by atoms with Crippen LogP contribution >= 0.6 is 15.9 Å². The SMILES string of the molecule is Cc1c(C(=O)Nc2cn[nH]c2)oc2ccc(Br)cc12. The number of aryl methyl sites for hydroxylation is 1. The van der Waals surface area contributed by atoms with E-state index < -0.39 is 0 Å². The van der Waals surface area contributed by atoms with Gasteiger partial charge in [0.05, 0.1) is 11.9 Å². The first-order valence-electron chi connectivity index (χ1n) is 5.64. The molecule has 0 unspecified atom stereocenters. The van der Waals surface area contributed by atoms with Gasteiger partial charge in [0.2, 0.25) is 0 Å². The van der Waals surface area contributed by atoms with Gasteiger partial charge in [-0.3, -0.25) is 9.89 Å². The van der Waals surface area contributed by atoms with Gasteiger partial charge in [0.15, 0.2) is 5.76 Å². The largest absolute Gasteiger partial charge is 0.451 e. The van der Waals surface area contributed by atoms with Gasteiger partial charge in [-0.2, -0.15) is 5.10 Å². The molecule has 96 valence electrons. The van der Waals surface area contributed by atoms with Crippen LogP contribution in [-0.4, -0.2) is 16.1 Å². The molecule has 0 fully saturated rings. The lowest BCUT2D eigenvalue weighted by Crippen LogP contribution is -2.11. The summed E-state index contributed by atoms with van der Waals surface area (Å²) in [7, 11) is 0. The molecule has 5 nitrogen and oxygen atoms in total. The smallest absolute Gasteiger partial charge is 0.291 e. The number of H-pyrrole nitrogens is 1. The summed E-state index contributed by atoms with van der Waals surface area (Å²) in [5, 5.41) is 10.0. The maximum atomic E-state index is 12.1. The van der Waals surface area contributed by atoms with Crippen molar-refractivity contribution in [2.45, 2.75) is 6.92 Å². The third kappa shape index (κ3) is 2.15. The summed E-state index contributed by atoms with van der Waals surface area (Å²) in [6.07, 6.45) is 3.14. The van der Waals surface area contributed by atoms with Crippen molar-refractivity contribution < 1.29 is 9.21 Å². The zero-order valence-corrected chi connectivity index (χ0v) is 11.6. The fraction of sp³-hybridized carbons (Fsp3) is 0.0769. The van der Waals surface area contributed by atoms with Gasteiger partial charge < -0.3 is 9.73 Å². The minimum Gasteiger partial charge on any atom is -0.451 e. The van der Waals surface area contributed by atoms with Gasteiger partial charge in [-0.1, -0.05) is 15.9 Å². The predicted molar refractivity (Wildman–Crippen MR) is 75.2 cm³/mol. The van der Waals surface area contributed by atoms with Crippen LogP contribution in [0.4, 0.5) is 5.69 Å². The average molecular weight is 320 g/mol. The summed E-state index contributed by atoms with van der Waals surface area (Å²) in [5.74, 6) is 0.0283. The molecule has 2 aromatic heterocycles. The van der Waals surface area contributed by atoms with Crippen molar-refractivity contribution in [2.75, 3.05) is 5.32 Å². The molecule has 0 radical (unpaired) electrons. The van der Waals surface area contributed by atoms with Crippen LogP contribution < -0.4 is 5.32 Å². The van der Waals surface area contributed by atoms with Gasteiger partial charge in [0.25, 0.3) is 5.91 Å². The second-order valence-corrected chi connectivity index (χ2v) is 5.05. The molecule has 0 bridgehead atoms. The Hall–Kier alpha value is -2.08. The predicted octanol–water partition coefficient (Wildman–Crippen LogP) is 3.48. The normalized spacial score (nSPS) is 10.8. The quantitative estimate of drug-likeness (QED) is 0.759. The topological polar surface area (TPSA) is 70.9 Å². The molecule has 0 aliphatic heterocycles. The van der Waals surface area contributed by atoms with Gasteiger partial charge in [-0.15, -0.1) is 0 Å². The van der Waals surface area contributed by atoms with E-state index in [-0.39, 0.29) is 5.91 Å². The summed E-state index contributed by atoms with van der Waals surface area (Å²) in [6, 6.07) is 5.65. The molecule has 1 aromatic carbocycles. The number of hydrogen-bond acceptors (Lipinski definition) is 3. The Bertz CT molecular complexity index is 747. The number of halogens is 1. The lowest BCUT2D eigenvalue weighted by Gasteiger charge is -1.99. The molecule has 0 saturated carbocycles. The molecule has 3 rings (SSSR count). The van der Waals surface area contributed by atoms with E-state index in [0.29, 0.717) is 17.0 Å². The van der Waals surface area contributed by atoms with Gasteiger partial charge in [-0.25, -0.2) is 0 Å². The van der Waals surface area contributed by atoms with E-state index >= 15 is 0 Å². The Morgan fingerprint density at radius 2 is 2.32 bits per heavy atom. The number of hydrogen-bond donors (Lipinski definition) is 2. The summed E-state index contributed by atoms with van der Waals surface area (Å²) in [6.45, 7) is 1.86. The third-order valence-electron chi connectivity index (χ3n) is 2.86. The molecule has 0 saturated heterocycles.